The van der Waals surface area contributed by atoms with Gasteiger partial charge in [0.2, 0.25) is 0 Å². The fourth-order valence-corrected chi connectivity index (χ4v) is 71.3. The van der Waals surface area contributed by atoms with Crippen molar-refractivity contribution < 1.29 is 455 Å². The van der Waals surface area contributed by atoms with Gasteiger partial charge >= 0.3 is 445 Å². The summed E-state index contributed by atoms with van der Waals surface area (Å²) in [6.45, 7) is 0. The van der Waals surface area contributed by atoms with Crippen LogP contribution >= 0.6 is 0 Å². The van der Waals surface area contributed by atoms with Gasteiger partial charge in [0.1, 0.15) is 0 Å². The zero-order chi connectivity index (χ0) is 44.5. The Morgan fingerprint density at radius 3 is 0.439 bits per heavy atom. The molecule has 8 N–H and O–H groups in total. The summed E-state index contributed by atoms with van der Waals surface area (Å²) in [5.74, 6) is 0. The first-order chi connectivity index (χ1) is 22.5. The van der Waals surface area contributed by atoms with Crippen LogP contribution in [0.1, 0.15) is 0 Å². The van der Waals surface area contributed by atoms with Crippen LogP contribution in [0.15, 0.2) is 0 Å². The van der Waals surface area contributed by atoms with Crippen molar-refractivity contribution >= 4 is 9.05 Å². The van der Waals surface area contributed by atoms with Crippen LogP contribution in [0, 0.1) is 0 Å². The summed E-state index contributed by atoms with van der Waals surface area (Å²) in [6, 6.07) is 0. The first-order valence-electron chi connectivity index (χ1n) is 8.29. The van der Waals surface area contributed by atoms with Crippen molar-refractivity contribution in [3.05, 3.63) is 0 Å². The van der Waals surface area contributed by atoms with E-state index in [4.69, 9.17) is 34.2 Å². The Morgan fingerprint density at radius 2 is 0.386 bits per heavy atom. The van der Waals surface area contributed by atoms with Crippen molar-refractivity contribution in [3.8, 4) is 0 Å². The van der Waals surface area contributed by atoms with Gasteiger partial charge in [-0.05, 0) is 0 Å². The Balaban J connectivity index is -0.0000000723. The zero-order valence-corrected chi connectivity index (χ0v) is 70.2. The maximum atomic E-state index is 10.3. The summed E-state index contributed by atoms with van der Waals surface area (Å²) in [4.78, 5) is 29.3. The van der Waals surface area contributed by atoms with E-state index in [1.165, 1.54) is 0 Å². The van der Waals surface area contributed by atoms with E-state index in [0.29, 0.717) is 0 Å². The first-order valence-corrected chi connectivity index (χ1v) is 63.2. The molecular weight excluding hydrogens is 2970 g/mol. The standard InChI is InChI=1S/4Na.H4O4Si.4H2O.32O.12W/c;;;;1-5(2,3)4;;;;;;;;;;;;;;;;;;;;;;;;;;;;;;;;;;;;;;;;;;;;;;;;/h;;;;1-4H;4*1H2;;;;;;;;;;;;;;;;;;;;;;;;;;;;;;;;;;;;;;;;;;;;/q4*+1;;;;;;;;;;;;;;;;;;;;;;;;;;;;;;;;;;;;;;;;;;;;;;4*+1/p-4. The fraction of sp³-hybridized carbons (Fsp3) is 0. The van der Waals surface area contributed by atoms with Crippen molar-refractivity contribution in [2.45, 2.75) is 0 Å². The Morgan fingerprint density at radius 1 is 0.298 bits per heavy atom. The van der Waals surface area contributed by atoms with Gasteiger partial charge in [-0.3, -0.25) is 0 Å². The second-order valence-corrected chi connectivity index (χ2v) is 72.3. The van der Waals surface area contributed by atoms with Crippen molar-refractivity contribution in [3.63, 3.8) is 0 Å². The molecule has 0 spiro atoms. The topological polar surface area (TPSA) is 645 Å². The van der Waals surface area contributed by atoms with Crippen LogP contribution in [0.4, 0.5) is 0 Å². The Hall–Kier alpha value is 7.04. The van der Waals surface area contributed by atoms with E-state index in [-0.39, 0.29) is 118 Å². The maximum absolute atomic E-state index is 10.3. The van der Waals surface area contributed by atoms with Crippen LogP contribution in [-0.4, -0.2) is 43.3 Å². The van der Waals surface area contributed by atoms with Crippen LogP contribution in [0.2, 0.25) is 0 Å². The molecule has 0 amide bonds. The number of hydrogen-bond donors (Lipinski definition) is 8. The van der Waals surface area contributed by atoms with E-state index in [1.54, 1.807) is 0 Å². The molecule has 0 saturated carbocycles. The summed E-state index contributed by atoms with van der Waals surface area (Å²) in [7, 11) is -4.61. The predicted octanol–water partition coefficient (Wildman–Crippen LogP) is -20.2. The van der Waals surface area contributed by atoms with E-state index in [0.717, 1.165) is 0 Å². The second-order valence-electron chi connectivity index (χ2n) is 5.30. The normalized spacial score (nSPS) is 11.8. The molecule has 57 heteroatoms. The minimum absolute atomic E-state index is 0. The molecular formula is H8Na4O40SiW12+4. The molecule has 0 unspecified atom stereocenters. The molecule has 324 valence electrons. The van der Waals surface area contributed by atoms with E-state index in [2.05, 4.69) is 16.3 Å². The molecule has 0 atom stereocenters. The van der Waals surface area contributed by atoms with E-state index >= 15 is 0 Å². The molecule has 0 bridgehead atoms. The average Bonchev–Trinajstić information content (AvgIpc) is 2.61. The van der Waals surface area contributed by atoms with Gasteiger partial charge in [-0.15, -0.1) is 0 Å². The van der Waals surface area contributed by atoms with Crippen molar-refractivity contribution in [1.82, 2.24) is 0 Å². The average molecular weight is 2970 g/mol. The van der Waals surface area contributed by atoms with Crippen LogP contribution < -0.4 is 118 Å². The van der Waals surface area contributed by atoms with Gasteiger partial charge in [-0.2, -0.15) is 0 Å². The first kappa shape index (κ1) is 84.0. The third kappa shape index (κ3) is 90.2. The summed E-state index contributed by atoms with van der Waals surface area (Å²) in [5.41, 5.74) is 0. The van der Waals surface area contributed by atoms with Crippen molar-refractivity contribution in [1.29, 1.82) is 0 Å². The molecule has 0 aromatic heterocycles. The van der Waals surface area contributed by atoms with Crippen molar-refractivity contribution in [2.24, 2.45) is 0 Å². The van der Waals surface area contributed by atoms with Crippen LogP contribution in [-0.2, 0) is 302 Å². The minimum atomic E-state index is -6.43. The molecule has 0 heterocycles. The van der Waals surface area contributed by atoms with Gasteiger partial charge in [-0.1, -0.05) is 0 Å². The Kier molecular flexibility index (Phi) is 54.4. The van der Waals surface area contributed by atoms with E-state index < -0.39 is 213 Å². The molecule has 0 fully saturated rings. The van der Waals surface area contributed by atoms with Crippen LogP contribution in [0.5, 0.6) is 0 Å². The Labute approximate surface area is 452 Å². The van der Waals surface area contributed by atoms with Gasteiger partial charge in [0.25, 0.3) is 0 Å². The van der Waals surface area contributed by atoms with Crippen LogP contribution in [0.25, 0.3) is 0 Å². The Bertz CT molecular complexity index is 2030. The summed E-state index contributed by atoms with van der Waals surface area (Å²) >= 11 is -70.9. The van der Waals surface area contributed by atoms with Gasteiger partial charge in [0, 0.05) is 0 Å². The van der Waals surface area contributed by atoms with Crippen molar-refractivity contribution in [2.75, 3.05) is 0 Å². The molecule has 0 rings (SSSR count). The number of hydrogen-bond acceptors (Lipinski definition) is 36. The molecule has 0 radical (unpaired) electrons. The quantitative estimate of drug-likeness (QED) is 0.0665. The molecule has 57 heavy (non-hydrogen) atoms. The van der Waals surface area contributed by atoms with Crippen LogP contribution in [0.3, 0.4) is 0 Å². The molecule has 0 aliphatic carbocycles. The predicted molar refractivity (Wildman–Crippen MR) is 48.7 cm³/mol. The molecule has 40 nitrogen and oxygen atoms in total. The third-order valence-electron chi connectivity index (χ3n) is 1.23. The summed E-state index contributed by atoms with van der Waals surface area (Å²) in [6.07, 6.45) is 0. The van der Waals surface area contributed by atoms with Gasteiger partial charge in [-0.25, -0.2) is 0 Å². The monoisotopic (exact) mass is 2980 g/mol. The van der Waals surface area contributed by atoms with Gasteiger partial charge in [0.05, 0.1) is 0 Å². The SMILES string of the molecule is O[Si](O)(O)O.[Na+].[Na+].[Na+].[Na+].[O]=[W](=[O])[O][W](=[O])(=[O])[O][W](=[O])(=[O])[OH].[O]=[W](=[O])[O][W](=[O])(=[O])[O][W](=[O])(=[O])[OH].[O]=[W](=[O])[O][W](=[O])(=[O])[O][W](=[O])(=[O])[OH].[O]=[W](=[O])[O][W](=[O])(=[O])[O][W](=[O])(=[O])[OH]. The van der Waals surface area contributed by atoms with E-state index in [1.807, 2.05) is 0 Å². The molecule has 0 saturated heterocycles. The molecule has 0 aliphatic heterocycles. The second kappa shape index (κ2) is 36.9. The zero-order valence-electron chi connectivity index (χ0n) is 26.0. The molecule has 0 aromatic rings. The van der Waals surface area contributed by atoms with Gasteiger partial charge in [0.15, 0.2) is 0 Å². The summed E-state index contributed by atoms with van der Waals surface area (Å²) in [5, 5.41) is 0. The van der Waals surface area contributed by atoms with E-state index in [9.17, 15) is 81.5 Å². The molecule has 0 aromatic carbocycles. The fourth-order valence-electron chi connectivity index (χ4n) is 0.739. The van der Waals surface area contributed by atoms with Gasteiger partial charge < -0.3 is 19.2 Å². The molecule has 0 aliphatic rings. The number of rotatable bonds is 16. The summed E-state index contributed by atoms with van der Waals surface area (Å²) < 4.78 is 296. The third-order valence-corrected chi connectivity index (χ3v) is 82.6.